The van der Waals surface area contributed by atoms with Gasteiger partial charge in [-0.1, -0.05) is 5.10 Å². The molecule has 2 aromatic carbocycles. The molecule has 4 rings (SSSR count). The number of rotatable bonds is 5. The van der Waals surface area contributed by atoms with Crippen molar-refractivity contribution in [3.8, 4) is 17.2 Å². The molecule has 27 heavy (non-hydrogen) atoms. The van der Waals surface area contributed by atoms with Crippen LogP contribution in [0.15, 0.2) is 48.5 Å². The molecule has 1 aliphatic heterocycles. The third-order valence-electron chi connectivity index (χ3n) is 4.48. The maximum atomic E-state index is 5.56. The van der Waals surface area contributed by atoms with E-state index in [0.29, 0.717) is 5.95 Å². The third-order valence-corrected chi connectivity index (χ3v) is 4.48. The molecule has 0 saturated carbocycles. The van der Waals surface area contributed by atoms with Crippen LogP contribution in [0.5, 0.6) is 17.2 Å². The fourth-order valence-corrected chi connectivity index (χ4v) is 3.08. The average molecular weight is 365 g/mol. The van der Waals surface area contributed by atoms with Crippen molar-refractivity contribution < 1.29 is 14.2 Å². The number of tetrazole rings is 1. The predicted molar refractivity (Wildman–Crippen MR) is 100 cm³/mol. The van der Waals surface area contributed by atoms with Crippen LogP contribution in [-0.2, 0) is 0 Å². The highest BCUT2D eigenvalue weighted by Crippen LogP contribution is 2.37. The predicted octanol–water partition coefficient (Wildman–Crippen LogP) is 2.75. The number of fused-ring (bicyclic) bond motifs is 1. The van der Waals surface area contributed by atoms with Gasteiger partial charge in [0.15, 0.2) is 0 Å². The van der Waals surface area contributed by atoms with Crippen LogP contribution in [0.2, 0.25) is 0 Å². The van der Waals surface area contributed by atoms with Gasteiger partial charge in [0.25, 0.3) is 0 Å². The normalized spacial score (nSPS) is 15.4. The number of ether oxygens (including phenoxy) is 3. The first kappa shape index (κ1) is 16.9. The van der Waals surface area contributed by atoms with Crippen LogP contribution in [0, 0.1) is 0 Å². The molecule has 1 aromatic heterocycles. The standard InChI is InChI=1S/C19H19N5O3/c1-25-13-6-4-12(5-7-13)16-11-17(24-19(20-16)21-22-23-24)15-10-14(26-2)8-9-18(15)27-3/h4-11,17H,1-3H3,(H,20,21,23)/t17-/m1/s1. The zero-order valence-electron chi connectivity index (χ0n) is 15.2. The first-order valence-electron chi connectivity index (χ1n) is 8.36. The minimum atomic E-state index is -0.251. The van der Waals surface area contributed by atoms with Crippen molar-refractivity contribution in [2.75, 3.05) is 26.6 Å². The molecule has 8 heteroatoms. The van der Waals surface area contributed by atoms with Crippen molar-refractivity contribution in [3.63, 3.8) is 0 Å². The number of aromatic nitrogens is 4. The molecule has 1 atom stereocenters. The molecule has 0 radical (unpaired) electrons. The fraction of sp³-hybridized carbons (Fsp3) is 0.211. The van der Waals surface area contributed by atoms with Crippen LogP contribution in [0.1, 0.15) is 17.2 Å². The first-order chi connectivity index (χ1) is 13.2. The molecule has 1 aliphatic rings. The quantitative estimate of drug-likeness (QED) is 0.744. The number of hydrogen-bond acceptors (Lipinski definition) is 7. The van der Waals surface area contributed by atoms with Gasteiger partial charge < -0.3 is 19.5 Å². The van der Waals surface area contributed by atoms with Crippen LogP contribution in [0.3, 0.4) is 0 Å². The number of benzene rings is 2. The van der Waals surface area contributed by atoms with Gasteiger partial charge in [0.1, 0.15) is 23.3 Å². The summed E-state index contributed by atoms with van der Waals surface area (Å²) >= 11 is 0. The molecule has 0 bridgehead atoms. The lowest BCUT2D eigenvalue weighted by atomic mass is 10.0. The van der Waals surface area contributed by atoms with Crippen molar-refractivity contribution >= 4 is 11.6 Å². The van der Waals surface area contributed by atoms with Crippen LogP contribution in [0.4, 0.5) is 5.95 Å². The van der Waals surface area contributed by atoms with Crippen molar-refractivity contribution in [1.82, 2.24) is 20.2 Å². The van der Waals surface area contributed by atoms with Crippen molar-refractivity contribution in [1.29, 1.82) is 0 Å². The maximum absolute atomic E-state index is 5.56. The monoisotopic (exact) mass is 365 g/mol. The second-order valence-corrected chi connectivity index (χ2v) is 5.93. The number of nitrogens with zero attached hydrogens (tertiary/aromatic N) is 4. The van der Waals surface area contributed by atoms with Gasteiger partial charge in [0.2, 0.25) is 5.95 Å². The van der Waals surface area contributed by atoms with E-state index < -0.39 is 0 Å². The topological polar surface area (TPSA) is 83.3 Å². The molecular weight excluding hydrogens is 346 g/mol. The summed E-state index contributed by atoms with van der Waals surface area (Å²) in [5.74, 6) is 2.82. The zero-order valence-corrected chi connectivity index (χ0v) is 15.2. The van der Waals surface area contributed by atoms with E-state index in [2.05, 4.69) is 26.9 Å². The molecule has 2 heterocycles. The molecule has 0 unspecified atom stereocenters. The summed E-state index contributed by atoms with van der Waals surface area (Å²) in [5.41, 5.74) is 2.80. The van der Waals surface area contributed by atoms with Gasteiger partial charge in [-0.3, -0.25) is 0 Å². The number of allylic oxidation sites excluding steroid dienone is 1. The van der Waals surface area contributed by atoms with Crippen LogP contribution in [0.25, 0.3) is 5.70 Å². The minimum Gasteiger partial charge on any atom is -0.497 e. The lowest BCUT2D eigenvalue weighted by Gasteiger charge is -2.25. The highest BCUT2D eigenvalue weighted by Gasteiger charge is 2.27. The molecule has 138 valence electrons. The number of hydrogen-bond donors (Lipinski definition) is 1. The molecule has 0 spiro atoms. The largest absolute Gasteiger partial charge is 0.497 e. The summed E-state index contributed by atoms with van der Waals surface area (Å²) < 4.78 is 17.9. The number of anilines is 1. The van der Waals surface area contributed by atoms with Gasteiger partial charge >= 0.3 is 0 Å². The smallest absolute Gasteiger partial charge is 0.248 e. The Morgan fingerprint density at radius 3 is 2.37 bits per heavy atom. The second kappa shape index (κ2) is 6.99. The Balaban J connectivity index is 1.82. The lowest BCUT2D eigenvalue weighted by molar-refractivity contribution is 0.393. The highest BCUT2D eigenvalue weighted by atomic mass is 16.5. The van der Waals surface area contributed by atoms with Gasteiger partial charge in [0.05, 0.1) is 21.3 Å². The molecule has 3 aromatic rings. The van der Waals surface area contributed by atoms with E-state index in [-0.39, 0.29) is 6.04 Å². The van der Waals surface area contributed by atoms with E-state index in [1.54, 1.807) is 26.0 Å². The molecule has 0 amide bonds. The summed E-state index contributed by atoms with van der Waals surface area (Å²) in [4.78, 5) is 0. The van der Waals surface area contributed by atoms with E-state index in [4.69, 9.17) is 14.2 Å². The Kier molecular flexibility index (Phi) is 4.37. The van der Waals surface area contributed by atoms with Crippen LogP contribution in [-0.4, -0.2) is 41.5 Å². The Labute approximate surface area is 156 Å². The van der Waals surface area contributed by atoms with Gasteiger partial charge in [-0.2, -0.15) is 4.68 Å². The molecule has 0 aliphatic carbocycles. The first-order valence-corrected chi connectivity index (χ1v) is 8.36. The van der Waals surface area contributed by atoms with Crippen LogP contribution < -0.4 is 19.5 Å². The number of nitrogens with one attached hydrogen (secondary N) is 1. The highest BCUT2D eigenvalue weighted by molar-refractivity contribution is 5.77. The van der Waals surface area contributed by atoms with E-state index in [1.165, 1.54) is 0 Å². The number of methoxy groups -OCH3 is 3. The molecule has 8 nitrogen and oxygen atoms in total. The Morgan fingerprint density at radius 1 is 0.926 bits per heavy atom. The Hall–Kier alpha value is -3.55. The summed E-state index contributed by atoms with van der Waals surface area (Å²) in [6.07, 6.45) is 2.06. The minimum absolute atomic E-state index is 0.251. The summed E-state index contributed by atoms with van der Waals surface area (Å²) in [6, 6.07) is 13.2. The van der Waals surface area contributed by atoms with Crippen molar-refractivity contribution in [2.45, 2.75) is 6.04 Å². The summed E-state index contributed by atoms with van der Waals surface area (Å²) in [7, 11) is 4.92. The van der Waals surface area contributed by atoms with E-state index in [1.807, 2.05) is 42.5 Å². The van der Waals surface area contributed by atoms with Crippen LogP contribution >= 0.6 is 0 Å². The van der Waals surface area contributed by atoms with E-state index in [0.717, 1.165) is 34.1 Å². The second-order valence-electron chi connectivity index (χ2n) is 5.93. The summed E-state index contributed by atoms with van der Waals surface area (Å²) in [5, 5.41) is 15.3. The third kappa shape index (κ3) is 3.05. The van der Waals surface area contributed by atoms with E-state index in [9.17, 15) is 0 Å². The average Bonchev–Trinajstić information content (AvgIpc) is 3.21. The fourth-order valence-electron chi connectivity index (χ4n) is 3.08. The van der Waals surface area contributed by atoms with Crippen molar-refractivity contribution in [3.05, 3.63) is 59.7 Å². The Morgan fingerprint density at radius 2 is 1.67 bits per heavy atom. The SMILES string of the molecule is COc1ccc(C2=C[C@H](c3cc(OC)ccc3OC)n3nnnc3N2)cc1. The van der Waals surface area contributed by atoms with Crippen molar-refractivity contribution in [2.24, 2.45) is 0 Å². The lowest BCUT2D eigenvalue weighted by Crippen LogP contribution is -2.20. The molecule has 0 fully saturated rings. The molecular formula is C19H19N5O3. The summed E-state index contributed by atoms with van der Waals surface area (Å²) in [6.45, 7) is 0. The molecule has 0 saturated heterocycles. The Bertz CT molecular complexity index is 981. The van der Waals surface area contributed by atoms with Gasteiger partial charge in [-0.05, 0) is 64.5 Å². The van der Waals surface area contributed by atoms with E-state index >= 15 is 0 Å². The maximum Gasteiger partial charge on any atom is 0.248 e. The molecule has 1 N–H and O–H groups in total. The van der Waals surface area contributed by atoms with Gasteiger partial charge in [-0.25, -0.2) is 0 Å². The van der Waals surface area contributed by atoms with Gasteiger partial charge in [0, 0.05) is 11.3 Å². The van der Waals surface area contributed by atoms with Gasteiger partial charge in [-0.15, -0.1) is 0 Å². The zero-order chi connectivity index (χ0) is 18.8.